The molecule has 154 valence electrons. The Morgan fingerprint density at radius 1 is 1.00 bits per heavy atom. The molecule has 0 bridgehead atoms. The van der Waals surface area contributed by atoms with Gasteiger partial charge in [-0.1, -0.05) is 12.2 Å². The van der Waals surface area contributed by atoms with Crippen LogP contribution in [0.4, 0.5) is 0 Å². The molecule has 5 aliphatic rings. The number of imide groups is 2. The summed E-state index contributed by atoms with van der Waals surface area (Å²) in [5, 5.41) is 5.72. The van der Waals surface area contributed by atoms with Crippen LogP contribution in [0.1, 0.15) is 38.5 Å². The summed E-state index contributed by atoms with van der Waals surface area (Å²) in [5.74, 6) is -1.75. The molecule has 4 amide bonds. The molecule has 0 aromatic rings. The highest BCUT2D eigenvalue weighted by Gasteiger charge is 2.48. The summed E-state index contributed by atoms with van der Waals surface area (Å²) in [7, 11) is 0. The molecule has 0 aromatic carbocycles. The van der Waals surface area contributed by atoms with Gasteiger partial charge >= 0.3 is 0 Å². The van der Waals surface area contributed by atoms with Gasteiger partial charge in [0.2, 0.25) is 11.8 Å². The Morgan fingerprint density at radius 2 is 1.76 bits per heavy atom. The van der Waals surface area contributed by atoms with E-state index in [-0.39, 0.29) is 24.8 Å². The molecule has 4 heterocycles. The summed E-state index contributed by atoms with van der Waals surface area (Å²) in [4.78, 5) is 52.9. The number of amides is 4. The number of piperidine rings is 2. The van der Waals surface area contributed by atoms with Crippen LogP contribution in [0.25, 0.3) is 0 Å². The van der Waals surface area contributed by atoms with Crippen molar-refractivity contribution in [1.82, 2.24) is 20.4 Å². The molecule has 4 fully saturated rings. The van der Waals surface area contributed by atoms with E-state index in [1.165, 1.54) is 6.42 Å². The summed E-state index contributed by atoms with van der Waals surface area (Å²) in [6.45, 7) is 4.20. The third kappa shape index (κ3) is 3.05. The van der Waals surface area contributed by atoms with E-state index in [9.17, 15) is 19.2 Å². The molecule has 2 unspecified atom stereocenters. The zero-order valence-corrected chi connectivity index (χ0v) is 16.4. The predicted octanol–water partition coefficient (Wildman–Crippen LogP) is -0.139. The van der Waals surface area contributed by atoms with Crippen LogP contribution in [0.2, 0.25) is 0 Å². The van der Waals surface area contributed by atoms with Crippen molar-refractivity contribution in [2.45, 2.75) is 50.6 Å². The van der Waals surface area contributed by atoms with Crippen LogP contribution in [-0.4, -0.2) is 71.7 Å². The molecule has 8 nitrogen and oxygen atoms in total. The van der Waals surface area contributed by atoms with Crippen molar-refractivity contribution in [1.29, 1.82) is 0 Å². The Bertz CT molecular complexity index is 845. The van der Waals surface area contributed by atoms with Gasteiger partial charge in [0.25, 0.3) is 11.8 Å². The number of fused-ring (bicyclic) bond motifs is 1. The molecule has 1 aliphatic carbocycles. The van der Waals surface area contributed by atoms with Crippen LogP contribution < -0.4 is 10.6 Å². The molecule has 2 atom stereocenters. The van der Waals surface area contributed by atoms with E-state index in [1.54, 1.807) is 0 Å². The number of hydrogen-bond acceptors (Lipinski definition) is 6. The summed E-state index contributed by atoms with van der Waals surface area (Å²) in [6, 6.07) is -0.790. The molecule has 5 rings (SSSR count). The predicted molar refractivity (Wildman–Crippen MR) is 103 cm³/mol. The Balaban J connectivity index is 1.32. The van der Waals surface area contributed by atoms with E-state index in [0.717, 1.165) is 43.9 Å². The monoisotopic (exact) mass is 398 g/mol. The lowest BCUT2D eigenvalue weighted by atomic mass is 9.77. The third-order valence-corrected chi connectivity index (χ3v) is 7.29. The number of nitrogens with one attached hydrogen (secondary N) is 2. The second-order valence-corrected chi connectivity index (χ2v) is 8.91. The smallest absolute Gasteiger partial charge is 0.262 e. The molecule has 1 spiro atoms. The second kappa shape index (κ2) is 6.88. The summed E-state index contributed by atoms with van der Waals surface area (Å²) >= 11 is 0. The zero-order valence-electron chi connectivity index (χ0n) is 16.4. The fourth-order valence-electron chi connectivity index (χ4n) is 5.46. The summed E-state index contributed by atoms with van der Waals surface area (Å²) < 4.78 is 0. The molecular formula is C21H26N4O4. The first-order valence-corrected chi connectivity index (χ1v) is 10.6. The van der Waals surface area contributed by atoms with Crippen molar-refractivity contribution < 1.29 is 19.2 Å². The van der Waals surface area contributed by atoms with E-state index in [0.29, 0.717) is 23.0 Å². The van der Waals surface area contributed by atoms with E-state index in [4.69, 9.17) is 0 Å². The van der Waals surface area contributed by atoms with Crippen molar-refractivity contribution in [3.05, 3.63) is 23.3 Å². The number of carbonyl (C=O) groups excluding carboxylic acids is 4. The van der Waals surface area contributed by atoms with Crippen LogP contribution >= 0.6 is 0 Å². The van der Waals surface area contributed by atoms with Gasteiger partial charge in [-0.15, -0.1) is 0 Å². The molecule has 0 aromatic heterocycles. The number of rotatable bonds is 2. The molecule has 2 N–H and O–H groups in total. The van der Waals surface area contributed by atoms with Crippen LogP contribution in [0, 0.1) is 5.41 Å². The minimum absolute atomic E-state index is 0.110. The quantitative estimate of drug-likeness (QED) is 0.629. The molecular weight excluding hydrogens is 372 g/mol. The van der Waals surface area contributed by atoms with Crippen LogP contribution in [0.3, 0.4) is 0 Å². The summed E-state index contributed by atoms with van der Waals surface area (Å²) in [6.07, 6.45) is 8.36. The van der Waals surface area contributed by atoms with Gasteiger partial charge in [-0.25, -0.2) is 0 Å². The van der Waals surface area contributed by atoms with Gasteiger partial charge < -0.3 is 5.32 Å². The van der Waals surface area contributed by atoms with Crippen molar-refractivity contribution in [3.8, 4) is 0 Å². The van der Waals surface area contributed by atoms with Gasteiger partial charge in [-0.3, -0.25) is 34.3 Å². The zero-order chi connectivity index (χ0) is 20.2. The van der Waals surface area contributed by atoms with Gasteiger partial charge in [0, 0.05) is 24.6 Å². The third-order valence-electron chi connectivity index (χ3n) is 7.29. The van der Waals surface area contributed by atoms with Crippen molar-refractivity contribution in [2.24, 2.45) is 5.41 Å². The van der Waals surface area contributed by atoms with Gasteiger partial charge in [-0.2, -0.15) is 0 Å². The summed E-state index contributed by atoms with van der Waals surface area (Å²) in [5.41, 5.74) is 1.25. The number of likely N-dealkylation sites (tertiary alicyclic amines) is 2. The van der Waals surface area contributed by atoms with E-state index >= 15 is 0 Å². The molecule has 0 saturated carbocycles. The lowest BCUT2D eigenvalue weighted by molar-refractivity contribution is -0.149. The maximum absolute atomic E-state index is 13.0. The second-order valence-electron chi connectivity index (χ2n) is 8.91. The highest BCUT2D eigenvalue weighted by molar-refractivity contribution is 6.26. The average Bonchev–Trinajstić information content (AvgIpc) is 3.26. The van der Waals surface area contributed by atoms with Gasteiger partial charge in [-0.05, 0) is 57.2 Å². The molecule has 8 heteroatoms. The first-order chi connectivity index (χ1) is 14.0. The molecule has 4 aliphatic heterocycles. The van der Waals surface area contributed by atoms with Crippen LogP contribution in [0.5, 0.6) is 0 Å². The van der Waals surface area contributed by atoms with Crippen molar-refractivity contribution in [3.63, 3.8) is 0 Å². The Labute approximate surface area is 169 Å². The maximum atomic E-state index is 13.0. The van der Waals surface area contributed by atoms with E-state index in [2.05, 4.69) is 15.5 Å². The molecule has 4 saturated heterocycles. The van der Waals surface area contributed by atoms with Crippen LogP contribution in [-0.2, 0) is 19.2 Å². The Morgan fingerprint density at radius 3 is 2.45 bits per heavy atom. The topological polar surface area (TPSA) is 98.8 Å². The Hall–Kier alpha value is -2.32. The lowest BCUT2D eigenvalue weighted by Gasteiger charge is -2.42. The number of hydrogen-bond donors (Lipinski definition) is 2. The highest BCUT2D eigenvalue weighted by Crippen LogP contribution is 2.39. The minimum atomic E-state index is -0.900. The standard InChI is InChI=1S/C21H26N4O4/c26-17-4-3-16(18(27)23-17)25-19(28)14-2-1-13(11-15(14)20(25)29)24-9-6-21(7-10-24)5-8-22-12-21/h2,11,13,16,22H,1,3-10,12H2,(H,23,26,27). The van der Waals surface area contributed by atoms with Crippen LogP contribution in [0.15, 0.2) is 23.3 Å². The van der Waals surface area contributed by atoms with Crippen molar-refractivity contribution in [2.75, 3.05) is 26.2 Å². The van der Waals surface area contributed by atoms with E-state index < -0.39 is 23.8 Å². The largest absolute Gasteiger partial charge is 0.316 e. The van der Waals surface area contributed by atoms with Crippen molar-refractivity contribution >= 4 is 23.6 Å². The number of nitrogens with zero attached hydrogens (tertiary/aromatic N) is 2. The number of carbonyl (C=O) groups is 4. The maximum Gasteiger partial charge on any atom is 0.262 e. The minimum Gasteiger partial charge on any atom is -0.316 e. The van der Waals surface area contributed by atoms with Gasteiger partial charge in [0.1, 0.15) is 6.04 Å². The first kappa shape index (κ1) is 18.7. The SMILES string of the molecule is O=C1CCC(N2C(=O)C3=CCC(N4CCC5(CCNC5)CC4)C=C3C2=O)C(=O)N1. The average molecular weight is 398 g/mol. The van der Waals surface area contributed by atoms with Gasteiger partial charge in [0.15, 0.2) is 0 Å². The lowest BCUT2D eigenvalue weighted by Crippen LogP contribution is -2.54. The van der Waals surface area contributed by atoms with E-state index in [1.807, 2.05) is 12.2 Å². The molecule has 29 heavy (non-hydrogen) atoms. The fourth-order valence-corrected chi connectivity index (χ4v) is 5.46. The Kier molecular flexibility index (Phi) is 4.43. The highest BCUT2D eigenvalue weighted by atomic mass is 16.2. The molecule has 0 radical (unpaired) electrons. The fraction of sp³-hybridized carbons (Fsp3) is 0.619. The normalized spacial score (nSPS) is 32.3. The van der Waals surface area contributed by atoms with Gasteiger partial charge in [0.05, 0.1) is 5.57 Å². The first-order valence-electron chi connectivity index (χ1n) is 10.6.